The lowest BCUT2D eigenvalue weighted by molar-refractivity contribution is -0.119. The summed E-state index contributed by atoms with van der Waals surface area (Å²) in [6, 6.07) is 11.4. The number of fused-ring (bicyclic) bond motifs is 1. The van der Waals surface area contributed by atoms with Gasteiger partial charge in [0.2, 0.25) is 0 Å². The van der Waals surface area contributed by atoms with E-state index in [0.717, 1.165) is 17.2 Å². The number of hydrogen-bond acceptors (Lipinski definition) is 5. The molecule has 118 valence electrons. The molecule has 7 heteroatoms. The molecule has 2 aromatic rings. The molecule has 2 unspecified atom stereocenters. The van der Waals surface area contributed by atoms with Crippen molar-refractivity contribution in [3.63, 3.8) is 0 Å². The van der Waals surface area contributed by atoms with Crippen LogP contribution in [-0.4, -0.2) is 34.8 Å². The summed E-state index contributed by atoms with van der Waals surface area (Å²) in [5.74, 6) is 1.60. The molecule has 2 saturated heterocycles. The first-order chi connectivity index (χ1) is 11.2. The van der Waals surface area contributed by atoms with E-state index < -0.39 is 0 Å². The van der Waals surface area contributed by atoms with E-state index in [-0.39, 0.29) is 17.3 Å². The minimum atomic E-state index is -0.165. The number of carbonyl (C=O) groups is 1. The van der Waals surface area contributed by atoms with Crippen LogP contribution in [0, 0.1) is 0 Å². The zero-order valence-electron chi connectivity index (χ0n) is 12.3. The second kappa shape index (κ2) is 5.81. The molecule has 23 heavy (non-hydrogen) atoms. The number of thiocarbonyl (C=S) groups is 1. The van der Waals surface area contributed by atoms with Gasteiger partial charge in [-0.2, -0.15) is 0 Å². The molecule has 0 saturated carbocycles. The Morgan fingerprint density at radius 3 is 2.70 bits per heavy atom. The van der Waals surface area contributed by atoms with Gasteiger partial charge in [-0.3, -0.25) is 9.69 Å². The van der Waals surface area contributed by atoms with E-state index >= 15 is 0 Å². The molecule has 1 aromatic heterocycles. The summed E-state index contributed by atoms with van der Waals surface area (Å²) in [5, 5.41) is 2.79. The van der Waals surface area contributed by atoms with Crippen LogP contribution in [-0.2, 0) is 4.79 Å². The van der Waals surface area contributed by atoms with Crippen molar-refractivity contribution in [2.75, 3.05) is 17.8 Å². The number of amides is 1. The fourth-order valence-electron chi connectivity index (χ4n) is 2.91. The SMILES string of the molecule is COc1ccc(N2C(=O)C3CSC(c4cccs4)N3C2=S)cc1. The number of methoxy groups -OCH3 is 1. The maximum Gasteiger partial charge on any atom is 0.257 e. The van der Waals surface area contributed by atoms with Crippen LogP contribution in [0.25, 0.3) is 0 Å². The normalized spacial score (nSPS) is 23.5. The summed E-state index contributed by atoms with van der Waals surface area (Å²) in [4.78, 5) is 17.8. The molecule has 0 spiro atoms. The van der Waals surface area contributed by atoms with E-state index in [0.29, 0.717) is 5.11 Å². The number of ether oxygens (including phenoxy) is 1. The Morgan fingerprint density at radius 1 is 1.26 bits per heavy atom. The summed E-state index contributed by atoms with van der Waals surface area (Å²) in [6.45, 7) is 0. The van der Waals surface area contributed by atoms with Gasteiger partial charge in [0, 0.05) is 10.6 Å². The van der Waals surface area contributed by atoms with Gasteiger partial charge in [-0.25, -0.2) is 0 Å². The standard InChI is InChI=1S/C16H14N2O2S3/c1-20-11-6-4-10(5-7-11)17-14(19)12-9-23-15(18(12)16(17)21)13-3-2-8-22-13/h2-8,12,15H,9H2,1H3. The lowest BCUT2D eigenvalue weighted by Gasteiger charge is -2.24. The van der Waals surface area contributed by atoms with Crippen LogP contribution in [0.3, 0.4) is 0 Å². The van der Waals surface area contributed by atoms with Gasteiger partial charge in [-0.15, -0.1) is 23.1 Å². The summed E-state index contributed by atoms with van der Waals surface area (Å²) in [7, 11) is 1.62. The predicted molar refractivity (Wildman–Crippen MR) is 98.2 cm³/mol. The average Bonchev–Trinajstić information content (AvgIpc) is 3.28. The minimum absolute atomic E-state index is 0.0618. The number of hydrogen-bond donors (Lipinski definition) is 0. The van der Waals surface area contributed by atoms with Crippen molar-refractivity contribution in [3.05, 3.63) is 46.7 Å². The Bertz CT molecular complexity index is 745. The van der Waals surface area contributed by atoms with Crippen LogP contribution < -0.4 is 9.64 Å². The molecule has 3 heterocycles. The molecule has 4 rings (SSSR count). The number of nitrogens with zero attached hydrogens (tertiary/aromatic N) is 2. The van der Waals surface area contributed by atoms with E-state index in [9.17, 15) is 4.79 Å². The Morgan fingerprint density at radius 2 is 2.04 bits per heavy atom. The second-order valence-corrected chi connectivity index (χ2v) is 7.74. The zero-order valence-corrected chi connectivity index (χ0v) is 14.8. The van der Waals surface area contributed by atoms with Gasteiger partial charge in [0.15, 0.2) is 5.11 Å². The van der Waals surface area contributed by atoms with Crippen LogP contribution in [0.1, 0.15) is 10.3 Å². The van der Waals surface area contributed by atoms with E-state index in [1.165, 1.54) is 4.88 Å². The zero-order chi connectivity index (χ0) is 16.0. The summed E-state index contributed by atoms with van der Waals surface area (Å²) >= 11 is 9.13. The van der Waals surface area contributed by atoms with Crippen molar-refractivity contribution < 1.29 is 9.53 Å². The van der Waals surface area contributed by atoms with E-state index in [2.05, 4.69) is 16.3 Å². The molecule has 2 atom stereocenters. The van der Waals surface area contributed by atoms with Gasteiger partial charge in [-0.05, 0) is 47.9 Å². The maximum absolute atomic E-state index is 12.8. The molecular weight excluding hydrogens is 348 g/mol. The van der Waals surface area contributed by atoms with Crippen molar-refractivity contribution in [1.82, 2.24) is 4.90 Å². The summed E-state index contributed by atoms with van der Waals surface area (Å²) in [5.41, 5.74) is 0.796. The lowest BCUT2D eigenvalue weighted by atomic mass is 10.2. The van der Waals surface area contributed by atoms with Gasteiger partial charge in [0.25, 0.3) is 5.91 Å². The van der Waals surface area contributed by atoms with Gasteiger partial charge in [0.1, 0.15) is 17.2 Å². The van der Waals surface area contributed by atoms with Crippen molar-refractivity contribution in [3.8, 4) is 5.75 Å². The monoisotopic (exact) mass is 362 g/mol. The van der Waals surface area contributed by atoms with Crippen molar-refractivity contribution in [1.29, 1.82) is 0 Å². The largest absolute Gasteiger partial charge is 0.497 e. The first kappa shape index (κ1) is 15.0. The number of benzene rings is 1. The number of carbonyl (C=O) groups excluding carboxylic acids is 1. The Balaban J connectivity index is 1.66. The topological polar surface area (TPSA) is 32.8 Å². The molecule has 4 nitrogen and oxygen atoms in total. The molecule has 2 aliphatic heterocycles. The van der Waals surface area contributed by atoms with Crippen molar-refractivity contribution >= 4 is 52.0 Å². The van der Waals surface area contributed by atoms with Crippen LogP contribution in [0.15, 0.2) is 41.8 Å². The number of thioether (sulfide) groups is 1. The van der Waals surface area contributed by atoms with Crippen molar-refractivity contribution in [2.24, 2.45) is 0 Å². The third-order valence-corrected chi connectivity index (χ3v) is 6.81. The van der Waals surface area contributed by atoms with E-state index in [4.69, 9.17) is 17.0 Å². The third-order valence-electron chi connectivity index (χ3n) is 4.04. The highest BCUT2D eigenvalue weighted by Gasteiger charge is 2.51. The predicted octanol–water partition coefficient (Wildman–Crippen LogP) is 3.50. The summed E-state index contributed by atoms with van der Waals surface area (Å²) in [6.07, 6.45) is 0. The van der Waals surface area contributed by atoms with Gasteiger partial charge in [0.05, 0.1) is 12.8 Å². The molecule has 1 aromatic carbocycles. The summed E-state index contributed by atoms with van der Waals surface area (Å²) < 4.78 is 5.18. The van der Waals surface area contributed by atoms with Crippen LogP contribution in [0.4, 0.5) is 5.69 Å². The second-order valence-electron chi connectivity index (χ2n) is 5.28. The first-order valence-electron chi connectivity index (χ1n) is 7.16. The smallest absolute Gasteiger partial charge is 0.257 e. The molecule has 0 aliphatic carbocycles. The molecular formula is C16H14N2O2S3. The highest BCUT2D eigenvalue weighted by Crippen LogP contribution is 2.47. The maximum atomic E-state index is 12.8. The Hall–Kier alpha value is -1.57. The number of anilines is 1. The van der Waals surface area contributed by atoms with Crippen LogP contribution >= 0.6 is 35.3 Å². The highest BCUT2D eigenvalue weighted by molar-refractivity contribution is 8.00. The molecule has 2 aliphatic rings. The Labute approximate surface area is 148 Å². The molecule has 0 N–H and O–H groups in total. The van der Waals surface area contributed by atoms with Gasteiger partial charge in [-0.1, -0.05) is 6.07 Å². The number of thiophene rings is 1. The third kappa shape index (κ3) is 2.34. The quantitative estimate of drug-likeness (QED) is 0.781. The first-order valence-corrected chi connectivity index (χ1v) is 9.49. The lowest BCUT2D eigenvalue weighted by Crippen LogP contribution is -2.33. The number of rotatable bonds is 3. The fourth-order valence-corrected chi connectivity index (χ4v) is 5.79. The van der Waals surface area contributed by atoms with Crippen LogP contribution in [0.2, 0.25) is 0 Å². The molecule has 1 amide bonds. The highest BCUT2D eigenvalue weighted by atomic mass is 32.2. The van der Waals surface area contributed by atoms with Gasteiger partial charge < -0.3 is 9.64 Å². The fraction of sp³-hybridized carbons (Fsp3) is 0.250. The minimum Gasteiger partial charge on any atom is -0.497 e. The van der Waals surface area contributed by atoms with Crippen LogP contribution in [0.5, 0.6) is 5.75 Å². The molecule has 2 fully saturated rings. The van der Waals surface area contributed by atoms with Gasteiger partial charge >= 0.3 is 0 Å². The van der Waals surface area contributed by atoms with E-state index in [1.54, 1.807) is 35.1 Å². The van der Waals surface area contributed by atoms with Crippen molar-refractivity contribution in [2.45, 2.75) is 11.4 Å². The Kier molecular flexibility index (Phi) is 3.79. The van der Waals surface area contributed by atoms with E-state index in [1.807, 2.05) is 30.3 Å². The average molecular weight is 363 g/mol. The molecule has 0 bridgehead atoms. The molecule has 0 radical (unpaired) electrons.